The molecule has 3 rings (SSSR count). The van der Waals surface area contributed by atoms with Gasteiger partial charge < -0.3 is 5.32 Å². The molecule has 0 spiro atoms. The average Bonchev–Trinajstić information content (AvgIpc) is 2.66. The molecule has 2 aromatic carbocycles. The highest BCUT2D eigenvalue weighted by Crippen LogP contribution is 2.16. The highest BCUT2D eigenvalue weighted by atomic mass is 35.5. The molecule has 134 valence electrons. The minimum absolute atomic E-state index is 0.0242. The summed E-state index contributed by atoms with van der Waals surface area (Å²) in [6.45, 7) is 0.480. The van der Waals surface area contributed by atoms with Gasteiger partial charge in [0.1, 0.15) is 6.54 Å². The van der Waals surface area contributed by atoms with Gasteiger partial charge in [-0.3, -0.25) is 15.0 Å². The van der Waals surface area contributed by atoms with E-state index in [-0.39, 0.29) is 24.8 Å². The van der Waals surface area contributed by atoms with Crippen molar-refractivity contribution < 1.29 is 9.59 Å². The summed E-state index contributed by atoms with van der Waals surface area (Å²) in [5.74, 6) is -0.327. The van der Waals surface area contributed by atoms with Crippen LogP contribution in [0.5, 0.6) is 0 Å². The SMILES string of the molecule is O=C(CN1NC(c2ccccc2)=CCC1=O)NCCc1ccc(Cl)cc1. The first-order chi connectivity index (χ1) is 12.6. The zero-order chi connectivity index (χ0) is 18.4. The predicted molar refractivity (Wildman–Crippen MR) is 102 cm³/mol. The predicted octanol–water partition coefficient (Wildman–Crippen LogP) is 2.78. The van der Waals surface area contributed by atoms with Gasteiger partial charge in [0.05, 0.1) is 5.70 Å². The first-order valence-corrected chi connectivity index (χ1v) is 8.83. The minimum atomic E-state index is -0.200. The molecule has 0 saturated carbocycles. The van der Waals surface area contributed by atoms with Crippen LogP contribution in [-0.4, -0.2) is 29.9 Å². The van der Waals surface area contributed by atoms with E-state index in [0.717, 1.165) is 16.8 Å². The number of benzene rings is 2. The fourth-order valence-electron chi connectivity index (χ4n) is 2.68. The number of nitrogens with one attached hydrogen (secondary N) is 2. The number of hydrogen-bond donors (Lipinski definition) is 2. The Kier molecular flexibility index (Phi) is 5.92. The molecule has 0 aliphatic carbocycles. The van der Waals surface area contributed by atoms with E-state index in [1.54, 1.807) is 0 Å². The van der Waals surface area contributed by atoms with E-state index in [4.69, 9.17) is 11.6 Å². The van der Waals surface area contributed by atoms with Crippen LogP contribution in [0.4, 0.5) is 0 Å². The second kappa shape index (κ2) is 8.54. The van der Waals surface area contributed by atoms with Gasteiger partial charge in [-0.05, 0) is 35.8 Å². The first-order valence-electron chi connectivity index (χ1n) is 8.45. The number of nitrogens with zero attached hydrogens (tertiary/aromatic N) is 1. The summed E-state index contributed by atoms with van der Waals surface area (Å²) < 4.78 is 0. The van der Waals surface area contributed by atoms with Crippen molar-refractivity contribution in [1.82, 2.24) is 15.8 Å². The van der Waals surface area contributed by atoms with Gasteiger partial charge >= 0.3 is 0 Å². The van der Waals surface area contributed by atoms with Crippen molar-refractivity contribution in [3.8, 4) is 0 Å². The van der Waals surface area contributed by atoms with Crippen molar-refractivity contribution in [3.05, 3.63) is 76.8 Å². The summed E-state index contributed by atoms with van der Waals surface area (Å²) in [4.78, 5) is 24.2. The minimum Gasteiger partial charge on any atom is -0.354 e. The van der Waals surface area contributed by atoms with E-state index < -0.39 is 0 Å². The molecule has 0 atom stereocenters. The third kappa shape index (κ3) is 4.86. The number of carbonyl (C=O) groups is 2. The largest absolute Gasteiger partial charge is 0.354 e. The van der Waals surface area contributed by atoms with Crippen LogP contribution in [0.25, 0.3) is 5.70 Å². The second-order valence-corrected chi connectivity index (χ2v) is 6.44. The number of hydrogen-bond acceptors (Lipinski definition) is 3. The standard InChI is InChI=1S/C20H20ClN3O2/c21-17-8-6-15(7-9-17)12-13-22-19(25)14-24-20(26)11-10-18(23-24)16-4-2-1-3-5-16/h1-10,23H,11-14H2,(H,22,25). The number of rotatable bonds is 6. The van der Waals surface area contributed by atoms with Crippen molar-refractivity contribution >= 4 is 29.1 Å². The van der Waals surface area contributed by atoms with Gasteiger partial charge in [-0.2, -0.15) is 0 Å². The van der Waals surface area contributed by atoms with Crippen LogP contribution >= 0.6 is 11.6 Å². The van der Waals surface area contributed by atoms with Crippen LogP contribution in [0.3, 0.4) is 0 Å². The van der Waals surface area contributed by atoms with E-state index in [0.29, 0.717) is 18.0 Å². The van der Waals surface area contributed by atoms with Crippen molar-refractivity contribution in [1.29, 1.82) is 0 Å². The molecule has 0 unspecified atom stereocenters. The van der Waals surface area contributed by atoms with E-state index in [9.17, 15) is 9.59 Å². The van der Waals surface area contributed by atoms with Gasteiger partial charge in [-0.1, -0.05) is 54.1 Å². The van der Waals surface area contributed by atoms with Crippen LogP contribution in [0.15, 0.2) is 60.7 Å². The number of amides is 2. The third-order valence-electron chi connectivity index (χ3n) is 4.07. The maximum absolute atomic E-state index is 12.2. The molecular formula is C20H20ClN3O2. The number of halogens is 1. The monoisotopic (exact) mass is 369 g/mol. The molecule has 26 heavy (non-hydrogen) atoms. The Morgan fingerprint density at radius 3 is 2.58 bits per heavy atom. The van der Waals surface area contributed by atoms with Gasteiger partial charge in [0.2, 0.25) is 11.8 Å². The normalized spacial score (nSPS) is 13.8. The summed E-state index contributed by atoms with van der Waals surface area (Å²) in [5.41, 5.74) is 5.94. The van der Waals surface area contributed by atoms with Crippen LogP contribution in [0.2, 0.25) is 5.02 Å². The Morgan fingerprint density at radius 2 is 1.85 bits per heavy atom. The molecule has 1 aliphatic rings. The topological polar surface area (TPSA) is 61.4 Å². The van der Waals surface area contributed by atoms with E-state index in [1.807, 2.05) is 60.7 Å². The van der Waals surface area contributed by atoms with Gasteiger partial charge in [-0.15, -0.1) is 0 Å². The van der Waals surface area contributed by atoms with E-state index in [1.165, 1.54) is 5.01 Å². The zero-order valence-electron chi connectivity index (χ0n) is 14.2. The maximum atomic E-state index is 12.2. The molecule has 2 amide bonds. The fraction of sp³-hybridized carbons (Fsp3) is 0.200. The Labute approximate surface area is 157 Å². The lowest BCUT2D eigenvalue weighted by atomic mass is 10.1. The lowest BCUT2D eigenvalue weighted by molar-refractivity contribution is -0.137. The smallest absolute Gasteiger partial charge is 0.245 e. The number of hydrazine groups is 1. The van der Waals surface area contributed by atoms with Crippen molar-refractivity contribution in [2.75, 3.05) is 13.1 Å². The van der Waals surface area contributed by atoms with Gasteiger partial charge in [0.25, 0.3) is 0 Å². The summed E-state index contributed by atoms with van der Waals surface area (Å²) in [5, 5.41) is 4.89. The zero-order valence-corrected chi connectivity index (χ0v) is 15.0. The van der Waals surface area contributed by atoms with Crippen molar-refractivity contribution in [3.63, 3.8) is 0 Å². The Morgan fingerprint density at radius 1 is 1.12 bits per heavy atom. The van der Waals surface area contributed by atoms with Crippen molar-refractivity contribution in [2.45, 2.75) is 12.8 Å². The molecule has 5 nitrogen and oxygen atoms in total. The Balaban J connectivity index is 1.49. The molecule has 0 saturated heterocycles. The van der Waals surface area contributed by atoms with Crippen LogP contribution in [0.1, 0.15) is 17.5 Å². The fourth-order valence-corrected chi connectivity index (χ4v) is 2.80. The van der Waals surface area contributed by atoms with Gasteiger partial charge in [0.15, 0.2) is 0 Å². The molecule has 2 N–H and O–H groups in total. The lowest BCUT2D eigenvalue weighted by Gasteiger charge is -2.28. The first kappa shape index (κ1) is 18.0. The maximum Gasteiger partial charge on any atom is 0.245 e. The van der Waals surface area contributed by atoms with E-state index >= 15 is 0 Å². The molecule has 1 heterocycles. The van der Waals surface area contributed by atoms with Crippen LogP contribution in [-0.2, 0) is 16.0 Å². The second-order valence-electron chi connectivity index (χ2n) is 6.01. The highest BCUT2D eigenvalue weighted by molar-refractivity contribution is 6.30. The Hall–Kier alpha value is -2.79. The molecule has 1 aliphatic heterocycles. The summed E-state index contributed by atoms with van der Waals surface area (Å²) in [6, 6.07) is 17.2. The molecule has 0 aromatic heterocycles. The van der Waals surface area contributed by atoms with E-state index in [2.05, 4.69) is 10.7 Å². The van der Waals surface area contributed by atoms with Crippen LogP contribution < -0.4 is 10.7 Å². The van der Waals surface area contributed by atoms with Gasteiger partial charge in [-0.25, -0.2) is 5.01 Å². The molecule has 0 radical (unpaired) electrons. The number of carbonyl (C=O) groups excluding carboxylic acids is 2. The van der Waals surface area contributed by atoms with Crippen LogP contribution in [0, 0.1) is 0 Å². The van der Waals surface area contributed by atoms with Gasteiger partial charge in [0, 0.05) is 18.0 Å². The average molecular weight is 370 g/mol. The summed E-state index contributed by atoms with van der Waals surface area (Å²) >= 11 is 5.86. The molecule has 0 bridgehead atoms. The molecular weight excluding hydrogens is 350 g/mol. The highest BCUT2D eigenvalue weighted by Gasteiger charge is 2.21. The molecule has 2 aromatic rings. The van der Waals surface area contributed by atoms with Crippen molar-refractivity contribution in [2.24, 2.45) is 0 Å². The summed E-state index contributed by atoms with van der Waals surface area (Å²) in [6.07, 6.45) is 2.82. The Bertz CT molecular complexity index is 804. The quantitative estimate of drug-likeness (QED) is 0.823. The lowest BCUT2D eigenvalue weighted by Crippen LogP contribution is -2.49. The molecule has 0 fully saturated rings. The molecule has 6 heteroatoms. The third-order valence-corrected chi connectivity index (χ3v) is 4.32. The summed E-state index contributed by atoms with van der Waals surface area (Å²) in [7, 11) is 0.